The van der Waals surface area contributed by atoms with Crippen molar-refractivity contribution in [3.63, 3.8) is 0 Å². The van der Waals surface area contributed by atoms with Gasteiger partial charge in [0.2, 0.25) is 21.8 Å². The number of carbonyl (C=O) groups excluding carboxylic acids is 2. The number of carbonyl (C=O) groups is 2. The number of aryl methyl sites for hydroxylation is 1. The molecule has 3 aromatic carbocycles. The molecule has 2 amide bonds. The van der Waals surface area contributed by atoms with Gasteiger partial charge in [-0.25, -0.2) is 8.42 Å². The van der Waals surface area contributed by atoms with Gasteiger partial charge in [-0.05, 0) is 54.3 Å². The zero-order valence-electron chi connectivity index (χ0n) is 22.2. The van der Waals surface area contributed by atoms with Gasteiger partial charge in [-0.1, -0.05) is 83.0 Å². The van der Waals surface area contributed by atoms with E-state index in [1.807, 2.05) is 61.5 Å². The van der Waals surface area contributed by atoms with Gasteiger partial charge < -0.3 is 10.2 Å². The molecule has 0 saturated carbocycles. The fourth-order valence-corrected chi connectivity index (χ4v) is 5.48. The molecule has 39 heavy (non-hydrogen) atoms. The minimum Gasteiger partial charge on any atom is -0.354 e. The fourth-order valence-electron chi connectivity index (χ4n) is 4.15. The topological polar surface area (TPSA) is 86.8 Å². The van der Waals surface area contributed by atoms with Crippen LogP contribution in [-0.4, -0.2) is 50.5 Å². The predicted octanol–water partition coefficient (Wildman–Crippen LogP) is 5.34. The molecule has 0 bridgehead atoms. The van der Waals surface area contributed by atoms with Crippen molar-refractivity contribution in [1.29, 1.82) is 0 Å². The van der Waals surface area contributed by atoms with E-state index in [0.29, 0.717) is 22.8 Å². The summed E-state index contributed by atoms with van der Waals surface area (Å²) in [6.07, 6.45) is 2.06. The fraction of sp³-hybridized carbons (Fsp3) is 0.310. The van der Waals surface area contributed by atoms with Gasteiger partial charge in [0.25, 0.3) is 0 Å². The number of amides is 2. The smallest absolute Gasteiger partial charge is 0.244 e. The van der Waals surface area contributed by atoms with Gasteiger partial charge in [-0.15, -0.1) is 0 Å². The summed E-state index contributed by atoms with van der Waals surface area (Å²) in [4.78, 5) is 29.0. The molecule has 208 valence electrons. The van der Waals surface area contributed by atoms with E-state index in [1.165, 1.54) is 11.0 Å². The Hall–Kier alpha value is -2.88. The second kappa shape index (κ2) is 14.0. The van der Waals surface area contributed by atoms with Crippen molar-refractivity contribution in [2.24, 2.45) is 0 Å². The molecule has 0 saturated heterocycles. The van der Waals surface area contributed by atoms with Gasteiger partial charge in [0.15, 0.2) is 0 Å². The van der Waals surface area contributed by atoms with Gasteiger partial charge in [0, 0.05) is 29.0 Å². The van der Waals surface area contributed by atoms with Crippen LogP contribution in [0.1, 0.15) is 30.0 Å². The van der Waals surface area contributed by atoms with Crippen LogP contribution in [0.5, 0.6) is 0 Å². The number of nitrogens with one attached hydrogen (secondary N) is 1. The van der Waals surface area contributed by atoms with Gasteiger partial charge in [0.1, 0.15) is 12.6 Å². The van der Waals surface area contributed by atoms with Crippen molar-refractivity contribution in [3.05, 3.63) is 99.0 Å². The first-order valence-electron chi connectivity index (χ1n) is 12.6. The maximum Gasteiger partial charge on any atom is 0.244 e. The van der Waals surface area contributed by atoms with E-state index in [4.69, 9.17) is 11.6 Å². The Balaban J connectivity index is 2.06. The highest BCUT2D eigenvalue weighted by Crippen LogP contribution is 2.27. The third kappa shape index (κ3) is 8.81. The number of anilines is 1. The third-order valence-electron chi connectivity index (χ3n) is 6.21. The van der Waals surface area contributed by atoms with E-state index in [-0.39, 0.29) is 18.9 Å². The first kappa shape index (κ1) is 30.7. The Bertz CT molecular complexity index is 1390. The second-order valence-electron chi connectivity index (χ2n) is 9.35. The molecule has 0 aliphatic rings. The number of nitrogens with zero attached hydrogens (tertiary/aromatic N) is 2. The van der Waals surface area contributed by atoms with Crippen LogP contribution >= 0.6 is 27.5 Å². The monoisotopic (exact) mass is 633 g/mol. The minimum absolute atomic E-state index is 0.120. The molecule has 0 spiro atoms. The third-order valence-corrected chi connectivity index (χ3v) is 8.10. The largest absolute Gasteiger partial charge is 0.354 e. The lowest BCUT2D eigenvalue weighted by molar-refractivity contribution is -0.140. The van der Waals surface area contributed by atoms with Crippen LogP contribution in [0.25, 0.3) is 0 Å². The van der Waals surface area contributed by atoms with Crippen molar-refractivity contribution < 1.29 is 18.0 Å². The first-order chi connectivity index (χ1) is 18.5. The van der Waals surface area contributed by atoms with Gasteiger partial charge in [0.05, 0.1) is 11.9 Å². The van der Waals surface area contributed by atoms with Crippen LogP contribution in [0.15, 0.2) is 77.3 Å². The normalized spacial score (nSPS) is 12.0. The molecule has 0 heterocycles. The maximum atomic E-state index is 14.0. The Kier molecular flexibility index (Phi) is 11.0. The van der Waals surface area contributed by atoms with Crippen LogP contribution in [-0.2, 0) is 32.6 Å². The summed E-state index contributed by atoms with van der Waals surface area (Å²) in [6, 6.07) is 20.9. The Labute approximate surface area is 244 Å². The highest BCUT2D eigenvalue weighted by Gasteiger charge is 2.33. The van der Waals surface area contributed by atoms with Crippen molar-refractivity contribution in [3.8, 4) is 0 Å². The van der Waals surface area contributed by atoms with Crippen molar-refractivity contribution in [2.45, 2.75) is 39.3 Å². The molecule has 0 unspecified atom stereocenters. The zero-order chi connectivity index (χ0) is 28.6. The summed E-state index contributed by atoms with van der Waals surface area (Å²) < 4.78 is 27.8. The summed E-state index contributed by atoms with van der Waals surface area (Å²) in [5.41, 5.74) is 2.65. The minimum atomic E-state index is -3.86. The van der Waals surface area contributed by atoms with Crippen molar-refractivity contribution >= 4 is 55.1 Å². The van der Waals surface area contributed by atoms with Crippen LogP contribution in [0, 0.1) is 6.92 Å². The lowest BCUT2D eigenvalue weighted by Crippen LogP contribution is -2.53. The zero-order valence-corrected chi connectivity index (χ0v) is 25.4. The highest BCUT2D eigenvalue weighted by atomic mass is 79.9. The molecule has 0 aliphatic heterocycles. The molecular weight excluding hydrogens is 602 g/mol. The number of halogens is 2. The summed E-state index contributed by atoms with van der Waals surface area (Å²) >= 11 is 9.62. The number of sulfonamides is 1. The molecule has 10 heteroatoms. The average molecular weight is 635 g/mol. The molecular formula is C29H33BrClN3O4S. The average Bonchev–Trinajstić information content (AvgIpc) is 2.90. The summed E-state index contributed by atoms with van der Waals surface area (Å²) in [5.74, 6) is -0.800. The molecule has 0 radical (unpaired) electrons. The van der Waals surface area contributed by atoms with Gasteiger partial charge in [-0.2, -0.15) is 0 Å². The molecule has 3 rings (SSSR count). The first-order valence-corrected chi connectivity index (χ1v) is 15.6. The number of hydrogen-bond donors (Lipinski definition) is 1. The van der Waals surface area contributed by atoms with Crippen LogP contribution in [0.3, 0.4) is 0 Å². The maximum absolute atomic E-state index is 14.0. The highest BCUT2D eigenvalue weighted by molar-refractivity contribution is 9.10. The number of rotatable bonds is 12. The van der Waals surface area contributed by atoms with Crippen LogP contribution in [0.2, 0.25) is 5.02 Å². The Morgan fingerprint density at radius 1 is 1.00 bits per heavy atom. The van der Waals surface area contributed by atoms with E-state index in [9.17, 15) is 18.0 Å². The summed E-state index contributed by atoms with van der Waals surface area (Å²) in [5, 5.41) is 3.28. The van der Waals surface area contributed by atoms with Gasteiger partial charge >= 0.3 is 0 Å². The molecule has 7 nitrogen and oxygen atoms in total. The molecule has 0 aliphatic carbocycles. The number of hydrogen-bond acceptors (Lipinski definition) is 4. The Morgan fingerprint density at radius 3 is 2.28 bits per heavy atom. The van der Waals surface area contributed by atoms with Gasteiger partial charge in [-0.3, -0.25) is 13.9 Å². The van der Waals surface area contributed by atoms with E-state index in [2.05, 4.69) is 21.2 Å². The van der Waals surface area contributed by atoms with E-state index < -0.39 is 28.5 Å². The standard InChI is InChI=1S/C29H33BrClN3O4S/c1-4-16-32-29(36)27(17-22-8-6-5-7-9-22)33(19-23-11-13-24(30)14-12-23)28(35)20-34(39(3,37)38)26-18-25(31)15-10-21(26)2/h5-15,18,27H,4,16-17,19-20H2,1-3H3,(H,32,36)/t27-/m0/s1. The lowest BCUT2D eigenvalue weighted by atomic mass is 10.0. The van der Waals surface area contributed by atoms with E-state index in [1.54, 1.807) is 19.1 Å². The lowest BCUT2D eigenvalue weighted by Gasteiger charge is -2.34. The summed E-state index contributed by atoms with van der Waals surface area (Å²) in [7, 11) is -3.86. The van der Waals surface area contributed by atoms with E-state index in [0.717, 1.165) is 32.6 Å². The number of benzene rings is 3. The molecule has 0 fully saturated rings. The second-order valence-corrected chi connectivity index (χ2v) is 12.6. The molecule has 0 aromatic heterocycles. The van der Waals surface area contributed by atoms with Crippen molar-refractivity contribution in [2.75, 3.05) is 23.7 Å². The van der Waals surface area contributed by atoms with Crippen LogP contribution < -0.4 is 9.62 Å². The molecule has 1 atom stereocenters. The van der Waals surface area contributed by atoms with Crippen molar-refractivity contribution in [1.82, 2.24) is 10.2 Å². The molecule has 1 N–H and O–H groups in total. The Morgan fingerprint density at radius 2 is 1.67 bits per heavy atom. The summed E-state index contributed by atoms with van der Waals surface area (Å²) in [6.45, 7) is 3.80. The van der Waals surface area contributed by atoms with Crippen LogP contribution in [0.4, 0.5) is 5.69 Å². The quantitative estimate of drug-likeness (QED) is 0.291. The SMILES string of the molecule is CCCNC(=O)[C@H](Cc1ccccc1)N(Cc1ccc(Br)cc1)C(=O)CN(c1cc(Cl)ccc1C)S(C)(=O)=O. The predicted molar refractivity (Wildman–Crippen MR) is 160 cm³/mol. The van der Waals surface area contributed by atoms with E-state index >= 15 is 0 Å². The molecule has 3 aromatic rings.